The van der Waals surface area contributed by atoms with Gasteiger partial charge in [0.15, 0.2) is 0 Å². The van der Waals surface area contributed by atoms with Crippen LogP contribution < -0.4 is 5.73 Å². The summed E-state index contributed by atoms with van der Waals surface area (Å²) < 4.78 is 0. The minimum Gasteiger partial charge on any atom is -0.330 e. The third kappa shape index (κ3) is 4.07. The smallest absolute Gasteiger partial charge is 0.00713 e. The van der Waals surface area contributed by atoms with Crippen LogP contribution in [0, 0.1) is 5.92 Å². The molecule has 1 aromatic carbocycles. The highest BCUT2D eigenvalue weighted by Crippen LogP contribution is 2.37. The van der Waals surface area contributed by atoms with Gasteiger partial charge in [0.25, 0.3) is 0 Å². The Morgan fingerprint density at radius 1 is 1.11 bits per heavy atom. The van der Waals surface area contributed by atoms with Gasteiger partial charge in [0.2, 0.25) is 0 Å². The summed E-state index contributed by atoms with van der Waals surface area (Å²) in [4.78, 5) is 0. The van der Waals surface area contributed by atoms with E-state index in [4.69, 9.17) is 5.73 Å². The van der Waals surface area contributed by atoms with E-state index in [1.165, 1.54) is 56.1 Å². The molecule has 1 fully saturated rings. The average molecular weight is 259 g/mol. The molecule has 106 valence electrons. The monoisotopic (exact) mass is 259 g/mol. The molecule has 0 heterocycles. The Labute approximate surface area is 118 Å². The van der Waals surface area contributed by atoms with Crippen LogP contribution in [0.15, 0.2) is 24.3 Å². The van der Waals surface area contributed by atoms with Crippen LogP contribution in [0.4, 0.5) is 0 Å². The zero-order chi connectivity index (χ0) is 13.5. The maximum Gasteiger partial charge on any atom is -0.00713 e. The number of benzene rings is 1. The molecule has 0 amide bonds. The summed E-state index contributed by atoms with van der Waals surface area (Å²) in [5, 5.41) is 0. The van der Waals surface area contributed by atoms with E-state index < -0.39 is 0 Å². The first-order chi connectivity index (χ1) is 9.35. The van der Waals surface area contributed by atoms with Gasteiger partial charge in [-0.1, -0.05) is 56.9 Å². The quantitative estimate of drug-likeness (QED) is 0.790. The first-order valence-corrected chi connectivity index (χ1v) is 8.14. The van der Waals surface area contributed by atoms with Gasteiger partial charge >= 0.3 is 0 Å². The van der Waals surface area contributed by atoms with Crippen LogP contribution in [0.2, 0.25) is 0 Å². The molecule has 0 aromatic heterocycles. The van der Waals surface area contributed by atoms with E-state index in [0.717, 1.165) is 18.9 Å². The van der Waals surface area contributed by atoms with Crippen molar-refractivity contribution in [2.75, 3.05) is 6.54 Å². The highest BCUT2D eigenvalue weighted by atomic mass is 14.5. The molecule has 1 atom stereocenters. The molecule has 2 N–H and O–H groups in total. The van der Waals surface area contributed by atoms with Gasteiger partial charge in [-0.05, 0) is 55.2 Å². The predicted octanol–water partition coefficient (Wildman–Crippen LogP) is 4.65. The van der Waals surface area contributed by atoms with Gasteiger partial charge in [0, 0.05) is 0 Å². The topological polar surface area (TPSA) is 26.0 Å². The second kappa shape index (κ2) is 7.69. The molecule has 1 aromatic rings. The van der Waals surface area contributed by atoms with Crippen molar-refractivity contribution in [3.05, 3.63) is 35.4 Å². The van der Waals surface area contributed by atoms with Gasteiger partial charge in [-0.3, -0.25) is 0 Å². The molecular formula is C18H29N. The molecule has 0 saturated heterocycles. The van der Waals surface area contributed by atoms with E-state index >= 15 is 0 Å². The Hall–Kier alpha value is -0.820. The minimum absolute atomic E-state index is 0.695. The molecule has 0 bridgehead atoms. The number of hydrogen-bond acceptors (Lipinski definition) is 1. The molecule has 0 radical (unpaired) electrons. The van der Waals surface area contributed by atoms with Crippen molar-refractivity contribution in [2.45, 2.75) is 64.2 Å². The molecule has 1 nitrogen and oxygen atoms in total. The SMILES string of the molecule is CCCc1ccc(C(CCN)C2CCCCC2)cc1. The molecule has 0 spiro atoms. The number of nitrogens with two attached hydrogens (primary N) is 1. The first kappa shape index (κ1) is 14.6. The maximum absolute atomic E-state index is 5.85. The lowest BCUT2D eigenvalue weighted by molar-refractivity contribution is 0.296. The van der Waals surface area contributed by atoms with Gasteiger partial charge in [-0.25, -0.2) is 0 Å². The van der Waals surface area contributed by atoms with E-state index in [2.05, 4.69) is 31.2 Å². The van der Waals surface area contributed by atoms with Crippen LogP contribution in [-0.2, 0) is 6.42 Å². The Balaban J connectivity index is 2.08. The van der Waals surface area contributed by atoms with E-state index in [-0.39, 0.29) is 0 Å². The standard InChI is InChI=1S/C18H29N/c1-2-6-15-9-11-17(12-10-15)18(13-14-19)16-7-4-3-5-8-16/h9-12,16,18H,2-8,13-14,19H2,1H3. The second-order valence-electron chi connectivity index (χ2n) is 6.07. The summed E-state index contributed by atoms with van der Waals surface area (Å²) in [6, 6.07) is 9.37. The highest BCUT2D eigenvalue weighted by Gasteiger charge is 2.24. The predicted molar refractivity (Wildman–Crippen MR) is 83.4 cm³/mol. The highest BCUT2D eigenvalue weighted by molar-refractivity contribution is 5.26. The Morgan fingerprint density at radius 2 is 1.79 bits per heavy atom. The van der Waals surface area contributed by atoms with Crippen molar-refractivity contribution >= 4 is 0 Å². The van der Waals surface area contributed by atoms with Gasteiger partial charge in [-0.2, -0.15) is 0 Å². The first-order valence-electron chi connectivity index (χ1n) is 8.14. The second-order valence-corrected chi connectivity index (χ2v) is 6.07. The van der Waals surface area contributed by atoms with Crippen molar-refractivity contribution in [3.63, 3.8) is 0 Å². The van der Waals surface area contributed by atoms with Crippen LogP contribution in [0.25, 0.3) is 0 Å². The number of rotatable bonds is 6. The fraction of sp³-hybridized carbons (Fsp3) is 0.667. The number of aryl methyl sites for hydroxylation is 1. The molecule has 1 unspecified atom stereocenters. The molecule has 1 saturated carbocycles. The average Bonchev–Trinajstić information content (AvgIpc) is 2.47. The molecule has 2 rings (SSSR count). The molecular weight excluding hydrogens is 230 g/mol. The van der Waals surface area contributed by atoms with Gasteiger partial charge in [0.1, 0.15) is 0 Å². The fourth-order valence-corrected chi connectivity index (χ4v) is 3.61. The Morgan fingerprint density at radius 3 is 2.37 bits per heavy atom. The number of hydrogen-bond donors (Lipinski definition) is 1. The van der Waals surface area contributed by atoms with Crippen molar-refractivity contribution in [1.29, 1.82) is 0 Å². The Bertz CT molecular complexity index is 348. The van der Waals surface area contributed by atoms with Crippen LogP contribution in [-0.4, -0.2) is 6.54 Å². The maximum atomic E-state index is 5.85. The molecule has 19 heavy (non-hydrogen) atoms. The minimum atomic E-state index is 0.695. The lowest BCUT2D eigenvalue weighted by atomic mass is 9.75. The lowest BCUT2D eigenvalue weighted by Gasteiger charge is -2.30. The van der Waals surface area contributed by atoms with E-state index in [1.807, 2.05) is 0 Å². The fourth-order valence-electron chi connectivity index (χ4n) is 3.61. The third-order valence-corrected chi connectivity index (χ3v) is 4.64. The van der Waals surface area contributed by atoms with E-state index in [9.17, 15) is 0 Å². The van der Waals surface area contributed by atoms with Crippen LogP contribution in [0.5, 0.6) is 0 Å². The van der Waals surface area contributed by atoms with E-state index in [1.54, 1.807) is 0 Å². The zero-order valence-corrected chi connectivity index (χ0v) is 12.4. The summed E-state index contributed by atoms with van der Waals surface area (Å²) >= 11 is 0. The molecule has 1 heteroatoms. The van der Waals surface area contributed by atoms with Crippen molar-refractivity contribution in [2.24, 2.45) is 11.7 Å². The summed E-state index contributed by atoms with van der Waals surface area (Å²) in [5.74, 6) is 1.57. The van der Waals surface area contributed by atoms with Gasteiger partial charge in [0.05, 0.1) is 0 Å². The third-order valence-electron chi connectivity index (χ3n) is 4.64. The van der Waals surface area contributed by atoms with E-state index in [0.29, 0.717) is 5.92 Å². The lowest BCUT2D eigenvalue weighted by Crippen LogP contribution is -2.19. The van der Waals surface area contributed by atoms with Crippen LogP contribution >= 0.6 is 0 Å². The van der Waals surface area contributed by atoms with Crippen molar-refractivity contribution in [3.8, 4) is 0 Å². The molecule has 1 aliphatic rings. The van der Waals surface area contributed by atoms with Gasteiger partial charge in [-0.15, -0.1) is 0 Å². The Kier molecular flexibility index (Phi) is 5.91. The zero-order valence-electron chi connectivity index (χ0n) is 12.4. The summed E-state index contributed by atoms with van der Waals surface area (Å²) in [7, 11) is 0. The van der Waals surface area contributed by atoms with Crippen LogP contribution in [0.1, 0.15) is 68.9 Å². The van der Waals surface area contributed by atoms with Crippen LogP contribution in [0.3, 0.4) is 0 Å². The summed E-state index contributed by atoms with van der Waals surface area (Å²) in [5.41, 5.74) is 8.85. The summed E-state index contributed by atoms with van der Waals surface area (Å²) in [6.45, 7) is 3.06. The molecule has 0 aliphatic heterocycles. The normalized spacial score (nSPS) is 18.4. The largest absolute Gasteiger partial charge is 0.330 e. The van der Waals surface area contributed by atoms with Crippen molar-refractivity contribution in [1.82, 2.24) is 0 Å². The van der Waals surface area contributed by atoms with Gasteiger partial charge < -0.3 is 5.73 Å². The summed E-state index contributed by atoms with van der Waals surface area (Å²) in [6.07, 6.45) is 10.7. The molecule has 1 aliphatic carbocycles. The van der Waals surface area contributed by atoms with Crippen molar-refractivity contribution < 1.29 is 0 Å².